The van der Waals surface area contributed by atoms with E-state index in [0.29, 0.717) is 0 Å². The van der Waals surface area contributed by atoms with E-state index in [4.69, 9.17) is 0 Å². The fourth-order valence-electron chi connectivity index (χ4n) is 2.23. The summed E-state index contributed by atoms with van der Waals surface area (Å²) < 4.78 is 0. The summed E-state index contributed by atoms with van der Waals surface area (Å²) in [5.41, 5.74) is 0. The Kier molecular flexibility index (Phi) is 1.10. The molecule has 2 fully saturated rings. The minimum atomic E-state index is 0.903. The molecule has 0 radical (unpaired) electrons. The minimum absolute atomic E-state index is 0.903. The summed E-state index contributed by atoms with van der Waals surface area (Å²) in [7, 11) is 0. The second-order valence-corrected chi connectivity index (χ2v) is 3.49. The zero-order valence-electron chi connectivity index (χ0n) is 6.30. The first-order chi connectivity index (χ1) is 4.33. The number of rotatable bonds is 1. The van der Waals surface area contributed by atoms with E-state index in [0.717, 1.165) is 17.9 Å². The van der Waals surface area contributed by atoms with E-state index in [1.54, 1.807) is 0 Å². The van der Waals surface area contributed by atoms with Crippen LogP contribution in [0.3, 0.4) is 0 Å². The van der Waals surface area contributed by atoms with Crippen LogP contribution in [-0.2, 0) is 0 Å². The van der Waals surface area contributed by atoms with Gasteiger partial charge in [-0.3, -0.25) is 0 Å². The minimum Gasteiger partial charge on any atom is -0.300 e. The average molecular weight is 125 g/mol. The maximum atomic E-state index is 2.60. The van der Waals surface area contributed by atoms with Gasteiger partial charge in [0, 0.05) is 12.6 Å². The highest BCUT2D eigenvalue weighted by atomic mass is 15.2. The Morgan fingerprint density at radius 2 is 2.33 bits per heavy atom. The molecular weight excluding hydrogens is 110 g/mol. The predicted molar refractivity (Wildman–Crippen MR) is 38.3 cm³/mol. The Morgan fingerprint density at radius 1 is 1.56 bits per heavy atom. The molecule has 2 rings (SSSR count). The van der Waals surface area contributed by atoms with E-state index in [2.05, 4.69) is 18.7 Å². The lowest BCUT2D eigenvalue weighted by molar-refractivity contribution is 0.246. The van der Waals surface area contributed by atoms with Crippen molar-refractivity contribution in [2.75, 3.05) is 13.1 Å². The zero-order chi connectivity index (χ0) is 6.43. The summed E-state index contributed by atoms with van der Waals surface area (Å²) in [6, 6.07) is 0.903. The van der Waals surface area contributed by atoms with Crippen molar-refractivity contribution in [1.82, 2.24) is 4.90 Å². The molecule has 0 aromatic heterocycles. The first-order valence-electron chi connectivity index (χ1n) is 4.07. The third kappa shape index (κ3) is 0.710. The van der Waals surface area contributed by atoms with E-state index in [-0.39, 0.29) is 0 Å². The van der Waals surface area contributed by atoms with Crippen molar-refractivity contribution < 1.29 is 0 Å². The molecule has 1 saturated carbocycles. The summed E-state index contributed by atoms with van der Waals surface area (Å²) in [6.07, 6.45) is 1.53. The number of hydrogen-bond acceptors (Lipinski definition) is 1. The molecule has 1 aliphatic heterocycles. The van der Waals surface area contributed by atoms with Crippen LogP contribution in [0.1, 0.15) is 20.3 Å². The maximum absolute atomic E-state index is 2.60. The average Bonchev–Trinajstić information content (AvgIpc) is 2.55. The van der Waals surface area contributed by atoms with E-state index in [1.165, 1.54) is 19.5 Å². The van der Waals surface area contributed by atoms with Gasteiger partial charge < -0.3 is 4.90 Å². The van der Waals surface area contributed by atoms with E-state index in [1.807, 2.05) is 0 Å². The van der Waals surface area contributed by atoms with Gasteiger partial charge in [0.25, 0.3) is 0 Å². The second kappa shape index (κ2) is 1.72. The Morgan fingerprint density at radius 3 is 2.67 bits per heavy atom. The van der Waals surface area contributed by atoms with Crippen LogP contribution in [-0.4, -0.2) is 24.0 Å². The van der Waals surface area contributed by atoms with Gasteiger partial charge in [-0.05, 0) is 31.7 Å². The van der Waals surface area contributed by atoms with Gasteiger partial charge in [0.15, 0.2) is 0 Å². The van der Waals surface area contributed by atoms with Crippen molar-refractivity contribution >= 4 is 0 Å². The lowest BCUT2D eigenvalue weighted by Crippen LogP contribution is -2.30. The Bertz CT molecular complexity index is 122. The van der Waals surface area contributed by atoms with Gasteiger partial charge in [-0.15, -0.1) is 0 Å². The van der Waals surface area contributed by atoms with E-state index >= 15 is 0 Å². The number of fused-ring (bicyclic) bond motifs is 1. The van der Waals surface area contributed by atoms with Crippen LogP contribution in [0, 0.1) is 11.8 Å². The molecule has 3 atom stereocenters. The fourth-order valence-corrected chi connectivity index (χ4v) is 2.23. The molecule has 9 heavy (non-hydrogen) atoms. The highest BCUT2D eigenvalue weighted by Gasteiger charge is 2.49. The molecule has 0 bridgehead atoms. The third-order valence-electron chi connectivity index (χ3n) is 3.05. The lowest BCUT2D eigenvalue weighted by atomic mass is 10.2. The van der Waals surface area contributed by atoms with Crippen LogP contribution in [0.25, 0.3) is 0 Å². The fraction of sp³-hybridized carbons (Fsp3) is 1.00. The predicted octanol–water partition coefficient (Wildman–Crippen LogP) is 1.35. The van der Waals surface area contributed by atoms with Crippen LogP contribution in [0.5, 0.6) is 0 Å². The lowest BCUT2D eigenvalue weighted by Gasteiger charge is -2.21. The van der Waals surface area contributed by atoms with Gasteiger partial charge >= 0.3 is 0 Å². The topological polar surface area (TPSA) is 3.24 Å². The summed E-state index contributed by atoms with van der Waals surface area (Å²) in [6.45, 7) is 7.29. The molecule has 0 amide bonds. The van der Waals surface area contributed by atoms with Crippen LogP contribution < -0.4 is 0 Å². The highest BCUT2D eigenvalue weighted by molar-refractivity contribution is 5.01. The number of likely N-dealkylation sites (tertiary alicyclic amines) is 1. The Labute approximate surface area is 57.0 Å². The van der Waals surface area contributed by atoms with Crippen molar-refractivity contribution in [2.24, 2.45) is 11.8 Å². The van der Waals surface area contributed by atoms with Gasteiger partial charge in [0.05, 0.1) is 0 Å². The van der Waals surface area contributed by atoms with Crippen molar-refractivity contribution in [3.05, 3.63) is 0 Å². The van der Waals surface area contributed by atoms with Crippen LogP contribution >= 0.6 is 0 Å². The van der Waals surface area contributed by atoms with Gasteiger partial charge in [-0.2, -0.15) is 0 Å². The second-order valence-electron chi connectivity index (χ2n) is 3.49. The quantitative estimate of drug-likeness (QED) is 0.511. The smallest absolute Gasteiger partial charge is 0.00984 e. The molecule has 1 heterocycles. The molecule has 1 heteroatoms. The molecular formula is C8H15N. The molecule has 2 aliphatic rings. The summed E-state index contributed by atoms with van der Waals surface area (Å²) in [5, 5.41) is 0. The molecule has 0 aromatic rings. The molecule has 3 unspecified atom stereocenters. The van der Waals surface area contributed by atoms with Crippen LogP contribution in [0.4, 0.5) is 0 Å². The highest BCUT2D eigenvalue weighted by Crippen LogP contribution is 2.48. The summed E-state index contributed by atoms with van der Waals surface area (Å²) >= 11 is 0. The SMILES string of the molecule is CCN1CC2CC2C1C. The molecule has 52 valence electrons. The molecule has 0 N–H and O–H groups in total. The molecule has 0 spiro atoms. The first kappa shape index (κ1) is 5.72. The Hall–Kier alpha value is -0.0400. The normalized spacial score (nSPS) is 49.3. The van der Waals surface area contributed by atoms with Crippen LogP contribution in [0.15, 0.2) is 0 Å². The third-order valence-corrected chi connectivity index (χ3v) is 3.05. The van der Waals surface area contributed by atoms with Crippen LogP contribution in [0.2, 0.25) is 0 Å². The summed E-state index contributed by atoms with van der Waals surface area (Å²) in [4.78, 5) is 2.60. The monoisotopic (exact) mass is 125 g/mol. The first-order valence-corrected chi connectivity index (χ1v) is 4.07. The number of nitrogens with zero attached hydrogens (tertiary/aromatic N) is 1. The van der Waals surface area contributed by atoms with Crippen molar-refractivity contribution in [1.29, 1.82) is 0 Å². The largest absolute Gasteiger partial charge is 0.300 e. The molecule has 1 nitrogen and oxygen atoms in total. The zero-order valence-corrected chi connectivity index (χ0v) is 6.30. The molecule has 1 aliphatic carbocycles. The van der Waals surface area contributed by atoms with Crippen molar-refractivity contribution in [2.45, 2.75) is 26.3 Å². The number of hydrogen-bond donors (Lipinski definition) is 0. The van der Waals surface area contributed by atoms with Crippen molar-refractivity contribution in [3.8, 4) is 0 Å². The number of piperidine rings is 1. The van der Waals surface area contributed by atoms with Crippen molar-refractivity contribution in [3.63, 3.8) is 0 Å². The Balaban J connectivity index is 1.99. The van der Waals surface area contributed by atoms with Gasteiger partial charge in [0.2, 0.25) is 0 Å². The maximum Gasteiger partial charge on any atom is 0.00984 e. The molecule has 1 saturated heterocycles. The van der Waals surface area contributed by atoms with Gasteiger partial charge in [-0.1, -0.05) is 6.92 Å². The molecule has 0 aromatic carbocycles. The van der Waals surface area contributed by atoms with Gasteiger partial charge in [0.1, 0.15) is 0 Å². The van der Waals surface area contributed by atoms with E-state index in [9.17, 15) is 0 Å². The standard InChI is InChI=1S/C8H15N/c1-3-9-5-7-4-8(7)6(9)2/h6-8H,3-5H2,1-2H3. The van der Waals surface area contributed by atoms with Gasteiger partial charge in [-0.25, -0.2) is 0 Å². The van der Waals surface area contributed by atoms with E-state index < -0.39 is 0 Å². The summed E-state index contributed by atoms with van der Waals surface area (Å²) in [5.74, 6) is 2.19.